The SMILES string of the molecule is C#CC[C@@H](C)OC(=O)[C@@H]1CCCN(c2ccccn2)C1. The average Bonchev–Trinajstić information content (AvgIpc) is 2.48. The van der Waals surface area contributed by atoms with Gasteiger partial charge in [0.15, 0.2) is 0 Å². The van der Waals surface area contributed by atoms with Crippen molar-refractivity contribution in [1.29, 1.82) is 0 Å². The maximum atomic E-state index is 12.1. The maximum Gasteiger partial charge on any atom is 0.311 e. The average molecular weight is 272 g/mol. The molecule has 0 amide bonds. The molecule has 1 fully saturated rings. The van der Waals surface area contributed by atoms with Gasteiger partial charge in [0.2, 0.25) is 0 Å². The van der Waals surface area contributed by atoms with Crippen LogP contribution in [0.15, 0.2) is 24.4 Å². The van der Waals surface area contributed by atoms with Crippen LogP contribution >= 0.6 is 0 Å². The van der Waals surface area contributed by atoms with Gasteiger partial charge in [-0.2, -0.15) is 0 Å². The van der Waals surface area contributed by atoms with E-state index in [1.165, 1.54) is 0 Å². The Morgan fingerprint density at radius 2 is 2.50 bits per heavy atom. The summed E-state index contributed by atoms with van der Waals surface area (Å²) in [4.78, 5) is 18.6. The zero-order valence-electron chi connectivity index (χ0n) is 11.8. The molecule has 4 nitrogen and oxygen atoms in total. The largest absolute Gasteiger partial charge is 0.461 e. The van der Waals surface area contributed by atoms with E-state index < -0.39 is 0 Å². The monoisotopic (exact) mass is 272 g/mol. The van der Waals surface area contributed by atoms with E-state index in [9.17, 15) is 4.79 Å². The molecule has 0 N–H and O–H groups in total. The van der Waals surface area contributed by atoms with Crippen LogP contribution in [-0.2, 0) is 9.53 Å². The van der Waals surface area contributed by atoms with Crippen molar-refractivity contribution in [2.75, 3.05) is 18.0 Å². The summed E-state index contributed by atoms with van der Waals surface area (Å²) in [7, 11) is 0. The highest BCUT2D eigenvalue weighted by Crippen LogP contribution is 2.22. The van der Waals surface area contributed by atoms with Gasteiger partial charge in [-0.1, -0.05) is 6.07 Å². The molecule has 4 heteroatoms. The molecule has 1 saturated heterocycles. The quantitative estimate of drug-likeness (QED) is 0.623. The number of aromatic nitrogens is 1. The van der Waals surface area contributed by atoms with Gasteiger partial charge in [-0.25, -0.2) is 4.98 Å². The first kappa shape index (κ1) is 14.4. The van der Waals surface area contributed by atoms with Gasteiger partial charge in [-0.15, -0.1) is 12.3 Å². The minimum absolute atomic E-state index is 0.0917. The lowest BCUT2D eigenvalue weighted by molar-refractivity contribution is -0.153. The molecule has 0 aromatic carbocycles. The molecule has 1 aliphatic rings. The number of rotatable bonds is 4. The first-order valence-electron chi connectivity index (χ1n) is 7.00. The number of terminal acetylenes is 1. The fraction of sp³-hybridized carbons (Fsp3) is 0.500. The van der Waals surface area contributed by atoms with Crippen molar-refractivity contribution in [3.8, 4) is 12.3 Å². The maximum absolute atomic E-state index is 12.1. The molecule has 1 aromatic heterocycles. The van der Waals surface area contributed by atoms with Gasteiger partial charge in [-0.05, 0) is 31.9 Å². The van der Waals surface area contributed by atoms with Gasteiger partial charge in [-0.3, -0.25) is 4.79 Å². The van der Waals surface area contributed by atoms with E-state index in [1.54, 1.807) is 6.20 Å². The molecule has 0 unspecified atom stereocenters. The molecule has 0 aliphatic carbocycles. The Morgan fingerprint density at radius 3 is 3.20 bits per heavy atom. The van der Waals surface area contributed by atoms with Gasteiger partial charge in [0, 0.05) is 25.7 Å². The molecule has 0 spiro atoms. The number of hydrogen-bond acceptors (Lipinski definition) is 4. The molecule has 2 rings (SSSR count). The fourth-order valence-electron chi connectivity index (χ4n) is 2.42. The Labute approximate surface area is 120 Å². The Morgan fingerprint density at radius 1 is 1.65 bits per heavy atom. The summed E-state index contributed by atoms with van der Waals surface area (Å²) < 4.78 is 5.39. The second-order valence-electron chi connectivity index (χ2n) is 5.13. The van der Waals surface area contributed by atoms with Crippen LogP contribution in [0.4, 0.5) is 5.82 Å². The van der Waals surface area contributed by atoms with E-state index in [2.05, 4.69) is 15.8 Å². The lowest BCUT2D eigenvalue weighted by Gasteiger charge is -2.32. The van der Waals surface area contributed by atoms with Gasteiger partial charge in [0.1, 0.15) is 11.9 Å². The molecule has 20 heavy (non-hydrogen) atoms. The minimum Gasteiger partial charge on any atom is -0.461 e. The Hall–Kier alpha value is -2.02. The van der Waals surface area contributed by atoms with Crippen molar-refractivity contribution in [2.45, 2.75) is 32.3 Å². The van der Waals surface area contributed by atoms with Crippen molar-refractivity contribution < 1.29 is 9.53 Å². The van der Waals surface area contributed by atoms with Crippen molar-refractivity contribution in [2.24, 2.45) is 5.92 Å². The first-order chi connectivity index (χ1) is 9.70. The predicted molar refractivity (Wildman–Crippen MR) is 78.2 cm³/mol. The number of pyridine rings is 1. The molecule has 1 aromatic rings. The van der Waals surface area contributed by atoms with Gasteiger partial charge >= 0.3 is 5.97 Å². The van der Waals surface area contributed by atoms with Gasteiger partial charge in [0.05, 0.1) is 5.92 Å². The third kappa shape index (κ3) is 3.74. The second-order valence-corrected chi connectivity index (χ2v) is 5.13. The highest BCUT2D eigenvalue weighted by atomic mass is 16.5. The van der Waals surface area contributed by atoms with Crippen LogP contribution in [0, 0.1) is 18.3 Å². The van der Waals surface area contributed by atoms with E-state index in [0.29, 0.717) is 13.0 Å². The Kier molecular flexibility index (Phi) is 5.00. The molecule has 0 bridgehead atoms. The zero-order valence-corrected chi connectivity index (χ0v) is 11.8. The molecule has 2 heterocycles. The Balaban J connectivity index is 1.93. The van der Waals surface area contributed by atoms with Crippen LogP contribution in [0.5, 0.6) is 0 Å². The lowest BCUT2D eigenvalue weighted by Crippen LogP contribution is -2.40. The number of esters is 1. The molecule has 106 valence electrons. The van der Waals surface area contributed by atoms with Crippen LogP contribution in [0.3, 0.4) is 0 Å². The molecular weight excluding hydrogens is 252 g/mol. The number of anilines is 1. The van der Waals surface area contributed by atoms with E-state index in [1.807, 2.05) is 25.1 Å². The summed E-state index contributed by atoms with van der Waals surface area (Å²) in [5.41, 5.74) is 0. The summed E-state index contributed by atoms with van der Waals surface area (Å²) in [5.74, 6) is 3.19. The van der Waals surface area contributed by atoms with Gasteiger partial charge in [0.25, 0.3) is 0 Å². The van der Waals surface area contributed by atoms with Gasteiger partial charge < -0.3 is 9.64 Å². The van der Waals surface area contributed by atoms with Crippen LogP contribution in [0.25, 0.3) is 0 Å². The second kappa shape index (κ2) is 6.95. The van der Waals surface area contributed by atoms with Crippen LogP contribution in [-0.4, -0.2) is 30.1 Å². The standard InChI is InChI=1S/C16H20N2O2/c1-3-7-13(2)20-16(19)14-8-6-11-18(12-14)15-9-4-5-10-17-15/h1,4-5,9-10,13-14H,6-8,11-12H2,2H3/t13-,14-/m1/s1. The highest BCUT2D eigenvalue weighted by molar-refractivity contribution is 5.73. The Bertz CT molecular complexity index is 481. The molecule has 0 saturated carbocycles. The zero-order chi connectivity index (χ0) is 14.4. The summed E-state index contributed by atoms with van der Waals surface area (Å²) >= 11 is 0. The smallest absolute Gasteiger partial charge is 0.311 e. The number of nitrogens with zero attached hydrogens (tertiary/aromatic N) is 2. The summed E-state index contributed by atoms with van der Waals surface area (Å²) in [6, 6.07) is 5.81. The number of ether oxygens (including phenoxy) is 1. The molecular formula is C16H20N2O2. The van der Waals surface area contributed by atoms with Crippen molar-refractivity contribution in [1.82, 2.24) is 4.98 Å². The van der Waals surface area contributed by atoms with E-state index in [0.717, 1.165) is 25.2 Å². The molecule has 0 radical (unpaired) electrons. The number of hydrogen-bond donors (Lipinski definition) is 0. The molecule has 2 atom stereocenters. The van der Waals surface area contributed by atoms with Crippen LogP contribution in [0.1, 0.15) is 26.2 Å². The third-order valence-electron chi connectivity index (χ3n) is 3.45. The van der Waals surface area contributed by atoms with E-state index in [4.69, 9.17) is 11.2 Å². The number of piperidine rings is 1. The summed E-state index contributed by atoms with van der Waals surface area (Å²) in [6.45, 7) is 3.43. The van der Waals surface area contributed by atoms with Crippen molar-refractivity contribution >= 4 is 11.8 Å². The predicted octanol–water partition coefficient (Wildman–Crippen LogP) is 2.25. The minimum atomic E-state index is -0.210. The van der Waals surface area contributed by atoms with Crippen LogP contribution in [0.2, 0.25) is 0 Å². The summed E-state index contributed by atoms with van der Waals surface area (Å²) in [6.07, 6.45) is 9.08. The fourth-order valence-corrected chi connectivity index (χ4v) is 2.42. The number of carbonyl (C=O) groups is 1. The van der Waals surface area contributed by atoms with E-state index in [-0.39, 0.29) is 18.0 Å². The molecule has 1 aliphatic heterocycles. The summed E-state index contributed by atoms with van der Waals surface area (Å²) in [5, 5.41) is 0. The number of carbonyl (C=O) groups excluding carboxylic acids is 1. The van der Waals surface area contributed by atoms with E-state index >= 15 is 0 Å². The third-order valence-corrected chi connectivity index (χ3v) is 3.45. The topological polar surface area (TPSA) is 42.4 Å². The van der Waals surface area contributed by atoms with Crippen molar-refractivity contribution in [3.05, 3.63) is 24.4 Å². The first-order valence-corrected chi connectivity index (χ1v) is 7.00. The van der Waals surface area contributed by atoms with Crippen LogP contribution < -0.4 is 4.90 Å². The normalized spacial score (nSPS) is 20.0. The van der Waals surface area contributed by atoms with Crippen molar-refractivity contribution in [3.63, 3.8) is 0 Å². The highest BCUT2D eigenvalue weighted by Gasteiger charge is 2.28. The lowest BCUT2D eigenvalue weighted by atomic mass is 9.98.